The lowest BCUT2D eigenvalue weighted by Crippen LogP contribution is -2.38. The summed E-state index contributed by atoms with van der Waals surface area (Å²) in [5.41, 5.74) is 3.00. The molecule has 0 unspecified atom stereocenters. The van der Waals surface area contributed by atoms with Crippen LogP contribution in [0.5, 0.6) is 5.75 Å². The highest BCUT2D eigenvalue weighted by Crippen LogP contribution is 2.24. The molecular formula is C21H23ClN2O3. The monoisotopic (exact) mass is 386 g/mol. The van der Waals surface area contributed by atoms with Crippen molar-refractivity contribution in [1.82, 2.24) is 4.90 Å². The second-order valence-corrected chi connectivity index (χ2v) is 7.38. The molecule has 1 N–H and O–H groups in total. The van der Waals surface area contributed by atoms with Crippen LogP contribution in [0.15, 0.2) is 42.5 Å². The van der Waals surface area contributed by atoms with Crippen LogP contribution in [-0.2, 0) is 22.6 Å². The highest BCUT2D eigenvalue weighted by atomic mass is 35.5. The van der Waals surface area contributed by atoms with E-state index in [0.29, 0.717) is 23.0 Å². The summed E-state index contributed by atoms with van der Waals surface area (Å²) in [6, 6.07) is 12.7. The number of ether oxygens (including phenoxy) is 1. The number of benzene rings is 2. The molecule has 5 nitrogen and oxygen atoms in total. The quantitative estimate of drug-likeness (QED) is 0.847. The first kappa shape index (κ1) is 19.2. The van der Waals surface area contributed by atoms with E-state index in [-0.39, 0.29) is 24.3 Å². The minimum absolute atomic E-state index is 0.0144. The van der Waals surface area contributed by atoms with Crippen molar-refractivity contribution in [2.24, 2.45) is 5.92 Å². The molecule has 6 heteroatoms. The minimum atomic E-state index is -0.240. The Hall–Kier alpha value is -2.53. The van der Waals surface area contributed by atoms with E-state index >= 15 is 0 Å². The number of fused-ring (bicyclic) bond motifs is 1. The van der Waals surface area contributed by atoms with E-state index in [1.54, 1.807) is 24.3 Å². The summed E-state index contributed by atoms with van der Waals surface area (Å²) in [6.45, 7) is 5.06. The number of nitrogens with one attached hydrogen (secondary N) is 1. The highest BCUT2D eigenvalue weighted by molar-refractivity contribution is 6.30. The van der Waals surface area contributed by atoms with Crippen LogP contribution in [0.2, 0.25) is 5.02 Å². The van der Waals surface area contributed by atoms with Crippen molar-refractivity contribution < 1.29 is 14.3 Å². The van der Waals surface area contributed by atoms with Gasteiger partial charge < -0.3 is 15.0 Å². The smallest absolute Gasteiger partial charge is 0.262 e. The Morgan fingerprint density at radius 2 is 1.89 bits per heavy atom. The summed E-state index contributed by atoms with van der Waals surface area (Å²) < 4.78 is 5.46. The molecular weight excluding hydrogens is 364 g/mol. The van der Waals surface area contributed by atoms with Crippen LogP contribution in [0.4, 0.5) is 5.69 Å². The van der Waals surface area contributed by atoms with Crippen LogP contribution in [0, 0.1) is 5.92 Å². The summed E-state index contributed by atoms with van der Waals surface area (Å²) >= 11 is 5.83. The number of carbonyl (C=O) groups is 2. The van der Waals surface area contributed by atoms with Gasteiger partial charge in [0.15, 0.2) is 6.61 Å². The number of rotatable bonds is 5. The number of carbonyl (C=O) groups excluding carboxylic acids is 2. The number of anilines is 1. The molecule has 0 radical (unpaired) electrons. The summed E-state index contributed by atoms with van der Waals surface area (Å²) in [5, 5.41) is 3.46. The second kappa shape index (κ2) is 8.44. The maximum Gasteiger partial charge on any atom is 0.262 e. The van der Waals surface area contributed by atoms with Gasteiger partial charge in [-0.2, -0.15) is 0 Å². The predicted molar refractivity (Wildman–Crippen MR) is 106 cm³/mol. The zero-order valence-corrected chi connectivity index (χ0v) is 16.3. The normalized spacial score (nSPS) is 13.3. The third-order valence-corrected chi connectivity index (χ3v) is 4.74. The Labute approximate surface area is 164 Å². The average Bonchev–Trinajstić information content (AvgIpc) is 2.66. The van der Waals surface area contributed by atoms with E-state index < -0.39 is 0 Å². The number of halogens is 1. The molecule has 0 saturated carbocycles. The molecule has 2 aromatic carbocycles. The summed E-state index contributed by atoms with van der Waals surface area (Å²) in [4.78, 5) is 26.3. The van der Waals surface area contributed by atoms with E-state index in [1.165, 1.54) is 5.56 Å². The topological polar surface area (TPSA) is 58.6 Å². The Morgan fingerprint density at radius 1 is 1.15 bits per heavy atom. The van der Waals surface area contributed by atoms with Crippen LogP contribution in [0.1, 0.15) is 25.0 Å². The molecule has 2 amide bonds. The van der Waals surface area contributed by atoms with E-state index in [0.717, 1.165) is 18.5 Å². The van der Waals surface area contributed by atoms with Gasteiger partial charge in [0.25, 0.3) is 5.91 Å². The molecule has 0 atom stereocenters. The van der Waals surface area contributed by atoms with Crippen LogP contribution in [-0.4, -0.2) is 29.9 Å². The van der Waals surface area contributed by atoms with E-state index in [4.69, 9.17) is 16.3 Å². The molecule has 0 aliphatic carbocycles. The number of hydrogen-bond acceptors (Lipinski definition) is 3. The largest absolute Gasteiger partial charge is 0.484 e. The van der Waals surface area contributed by atoms with Crippen molar-refractivity contribution in [2.75, 3.05) is 18.5 Å². The third-order valence-electron chi connectivity index (χ3n) is 4.49. The number of nitrogens with zero attached hydrogens (tertiary/aromatic N) is 1. The molecule has 0 bridgehead atoms. The van der Waals surface area contributed by atoms with Crippen LogP contribution < -0.4 is 10.1 Å². The molecule has 142 valence electrons. The van der Waals surface area contributed by atoms with Gasteiger partial charge in [-0.1, -0.05) is 31.5 Å². The van der Waals surface area contributed by atoms with Crippen molar-refractivity contribution >= 4 is 29.1 Å². The van der Waals surface area contributed by atoms with Gasteiger partial charge in [-0.05, 0) is 53.9 Å². The van der Waals surface area contributed by atoms with Crippen LogP contribution in [0.3, 0.4) is 0 Å². The molecule has 27 heavy (non-hydrogen) atoms. The minimum Gasteiger partial charge on any atom is -0.484 e. The Kier molecular flexibility index (Phi) is 6.01. The molecule has 2 aromatic rings. The third kappa shape index (κ3) is 5.01. The molecule has 0 fully saturated rings. The van der Waals surface area contributed by atoms with Gasteiger partial charge in [-0.15, -0.1) is 0 Å². The predicted octanol–water partition coefficient (Wildman–Crippen LogP) is 3.90. The lowest BCUT2D eigenvalue weighted by molar-refractivity contribution is -0.135. The Bertz CT molecular complexity index is 834. The van der Waals surface area contributed by atoms with Crippen molar-refractivity contribution in [1.29, 1.82) is 0 Å². The van der Waals surface area contributed by atoms with Gasteiger partial charge in [0.2, 0.25) is 5.91 Å². The Balaban J connectivity index is 1.59. The molecule has 1 aliphatic heterocycles. The van der Waals surface area contributed by atoms with Crippen molar-refractivity contribution in [3.63, 3.8) is 0 Å². The fourth-order valence-electron chi connectivity index (χ4n) is 3.06. The lowest BCUT2D eigenvalue weighted by Gasteiger charge is -2.30. The fraction of sp³-hybridized carbons (Fsp3) is 0.333. The van der Waals surface area contributed by atoms with E-state index in [9.17, 15) is 9.59 Å². The highest BCUT2D eigenvalue weighted by Gasteiger charge is 2.22. The van der Waals surface area contributed by atoms with Crippen molar-refractivity contribution in [3.05, 3.63) is 58.6 Å². The van der Waals surface area contributed by atoms with Crippen molar-refractivity contribution in [2.45, 2.75) is 26.8 Å². The van der Waals surface area contributed by atoms with Gasteiger partial charge in [0.1, 0.15) is 5.75 Å². The van der Waals surface area contributed by atoms with Gasteiger partial charge in [-0.25, -0.2) is 0 Å². The summed E-state index contributed by atoms with van der Waals surface area (Å²) in [5.74, 6) is 0.490. The van der Waals surface area contributed by atoms with Crippen LogP contribution >= 0.6 is 11.6 Å². The zero-order chi connectivity index (χ0) is 19.4. The molecule has 1 heterocycles. The SMILES string of the molecule is CC(C)C(=O)N1CCc2ccc(NC(=O)COc3ccc(Cl)cc3)cc2C1. The molecule has 0 saturated heterocycles. The first-order valence-corrected chi connectivity index (χ1v) is 9.39. The van der Waals surface area contributed by atoms with Crippen LogP contribution in [0.25, 0.3) is 0 Å². The maximum atomic E-state index is 12.2. The van der Waals surface area contributed by atoms with Crippen molar-refractivity contribution in [3.8, 4) is 5.75 Å². The number of hydrogen-bond donors (Lipinski definition) is 1. The zero-order valence-electron chi connectivity index (χ0n) is 15.5. The molecule has 3 rings (SSSR count). The molecule has 0 aromatic heterocycles. The number of amides is 2. The standard InChI is InChI=1S/C21H23ClN2O3/c1-14(2)21(26)24-10-9-15-3-6-18(11-16(15)12-24)23-20(25)13-27-19-7-4-17(22)5-8-19/h3-8,11,14H,9-10,12-13H2,1-2H3,(H,23,25). The molecule has 1 aliphatic rings. The van der Waals surface area contributed by atoms with E-state index in [1.807, 2.05) is 36.9 Å². The first-order chi connectivity index (χ1) is 12.9. The van der Waals surface area contributed by atoms with Gasteiger partial charge in [0, 0.05) is 29.7 Å². The maximum absolute atomic E-state index is 12.2. The first-order valence-electron chi connectivity index (χ1n) is 9.01. The van der Waals surface area contributed by atoms with Gasteiger partial charge >= 0.3 is 0 Å². The molecule has 0 spiro atoms. The Morgan fingerprint density at radius 3 is 2.59 bits per heavy atom. The second-order valence-electron chi connectivity index (χ2n) is 6.94. The lowest BCUT2D eigenvalue weighted by atomic mass is 9.98. The summed E-state index contributed by atoms with van der Waals surface area (Å²) in [6.07, 6.45) is 0.835. The summed E-state index contributed by atoms with van der Waals surface area (Å²) in [7, 11) is 0. The van der Waals surface area contributed by atoms with E-state index in [2.05, 4.69) is 5.32 Å². The fourth-order valence-corrected chi connectivity index (χ4v) is 3.19. The average molecular weight is 387 g/mol. The van der Waals surface area contributed by atoms with Gasteiger partial charge in [-0.3, -0.25) is 9.59 Å². The van der Waals surface area contributed by atoms with Gasteiger partial charge in [0.05, 0.1) is 0 Å².